The predicted molar refractivity (Wildman–Crippen MR) is 67.9 cm³/mol. The molecule has 88 valence electrons. The van der Waals surface area contributed by atoms with Gasteiger partial charge in [-0.1, -0.05) is 25.1 Å². The van der Waals surface area contributed by atoms with Gasteiger partial charge < -0.3 is 10.0 Å². The summed E-state index contributed by atoms with van der Waals surface area (Å²) < 4.78 is 0. The molecular formula is C14H21NO. The third kappa shape index (κ3) is 1.82. The van der Waals surface area contributed by atoms with Crippen LogP contribution in [-0.2, 0) is 0 Å². The fourth-order valence-corrected chi connectivity index (χ4v) is 2.57. The number of para-hydroxylation sites is 1. The highest BCUT2D eigenvalue weighted by atomic mass is 16.3. The lowest BCUT2D eigenvalue weighted by atomic mass is 9.89. The summed E-state index contributed by atoms with van der Waals surface area (Å²) in [7, 11) is 0. The zero-order valence-corrected chi connectivity index (χ0v) is 10.4. The first-order valence-corrected chi connectivity index (χ1v) is 6.11. The molecule has 0 fully saturated rings. The van der Waals surface area contributed by atoms with Gasteiger partial charge in [0, 0.05) is 30.8 Å². The van der Waals surface area contributed by atoms with Crippen molar-refractivity contribution in [2.45, 2.75) is 32.7 Å². The summed E-state index contributed by atoms with van der Waals surface area (Å²) in [6.07, 6.45) is 0. The van der Waals surface area contributed by atoms with Gasteiger partial charge in [-0.2, -0.15) is 0 Å². The molecule has 0 amide bonds. The molecule has 0 saturated heterocycles. The van der Waals surface area contributed by atoms with Crippen LogP contribution in [0.1, 0.15) is 32.3 Å². The smallest absolute Gasteiger partial charge is 0.0463 e. The Balaban J connectivity index is 2.35. The molecule has 0 radical (unpaired) electrons. The van der Waals surface area contributed by atoms with Gasteiger partial charge in [0.25, 0.3) is 0 Å². The van der Waals surface area contributed by atoms with Crippen molar-refractivity contribution in [1.82, 2.24) is 0 Å². The van der Waals surface area contributed by atoms with E-state index in [1.165, 1.54) is 11.3 Å². The minimum atomic E-state index is 0.269. The number of aliphatic hydroxyl groups is 1. The third-order valence-electron chi connectivity index (χ3n) is 3.64. The second kappa shape index (κ2) is 4.46. The summed E-state index contributed by atoms with van der Waals surface area (Å²) in [5.41, 5.74) is 2.75. The maximum atomic E-state index is 9.33. The summed E-state index contributed by atoms with van der Waals surface area (Å²) in [6, 6.07) is 9.12. The Labute approximate surface area is 97.9 Å². The summed E-state index contributed by atoms with van der Waals surface area (Å²) >= 11 is 0. The summed E-state index contributed by atoms with van der Waals surface area (Å²) in [4.78, 5) is 2.44. The standard InChI is InChI=1S/C14H21NO/c1-10(2)15-8-13(11(3)9-16)12-6-4-5-7-14(12)15/h4-7,10-11,13,16H,8-9H2,1-3H3. The van der Waals surface area contributed by atoms with Gasteiger partial charge in [-0.3, -0.25) is 0 Å². The first kappa shape index (κ1) is 11.5. The summed E-state index contributed by atoms with van der Waals surface area (Å²) in [5.74, 6) is 0.813. The van der Waals surface area contributed by atoms with Crippen molar-refractivity contribution in [3.8, 4) is 0 Å². The van der Waals surface area contributed by atoms with Crippen molar-refractivity contribution in [3.05, 3.63) is 29.8 Å². The van der Waals surface area contributed by atoms with E-state index in [2.05, 4.69) is 49.9 Å². The Hall–Kier alpha value is -1.02. The topological polar surface area (TPSA) is 23.5 Å². The first-order valence-electron chi connectivity index (χ1n) is 6.11. The van der Waals surface area contributed by atoms with Gasteiger partial charge in [0.05, 0.1) is 0 Å². The second-order valence-corrected chi connectivity index (χ2v) is 5.07. The Bertz CT molecular complexity index is 362. The van der Waals surface area contributed by atoms with E-state index in [9.17, 15) is 5.11 Å². The van der Waals surface area contributed by atoms with E-state index in [1.54, 1.807) is 0 Å². The van der Waals surface area contributed by atoms with Crippen molar-refractivity contribution in [2.24, 2.45) is 5.92 Å². The first-order chi connectivity index (χ1) is 7.65. The van der Waals surface area contributed by atoms with Gasteiger partial charge in [0.1, 0.15) is 0 Å². The highest BCUT2D eigenvalue weighted by Crippen LogP contribution is 2.40. The molecule has 0 bridgehead atoms. The molecule has 0 saturated carbocycles. The van der Waals surface area contributed by atoms with E-state index in [1.807, 2.05) is 0 Å². The van der Waals surface area contributed by atoms with Crippen LogP contribution < -0.4 is 4.90 Å². The Morgan fingerprint density at radius 2 is 2.00 bits per heavy atom. The minimum absolute atomic E-state index is 0.269. The van der Waals surface area contributed by atoms with E-state index in [0.717, 1.165) is 6.54 Å². The van der Waals surface area contributed by atoms with Crippen LogP contribution in [0.3, 0.4) is 0 Å². The maximum Gasteiger partial charge on any atom is 0.0463 e. The molecule has 16 heavy (non-hydrogen) atoms. The molecule has 1 aromatic carbocycles. The monoisotopic (exact) mass is 219 g/mol. The van der Waals surface area contributed by atoms with Gasteiger partial charge in [-0.15, -0.1) is 0 Å². The number of anilines is 1. The zero-order valence-electron chi connectivity index (χ0n) is 10.4. The summed E-state index contributed by atoms with van der Waals surface area (Å²) in [5, 5.41) is 9.33. The van der Waals surface area contributed by atoms with E-state index in [-0.39, 0.29) is 6.61 Å². The van der Waals surface area contributed by atoms with Crippen LogP contribution in [0.5, 0.6) is 0 Å². The average molecular weight is 219 g/mol. The van der Waals surface area contributed by atoms with Gasteiger partial charge in [-0.05, 0) is 31.4 Å². The van der Waals surface area contributed by atoms with Crippen LogP contribution in [-0.4, -0.2) is 24.3 Å². The van der Waals surface area contributed by atoms with Crippen molar-refractivity contribution in [2.75, 3.05) is 18.1 Å². The number of fused-ring (bicyclic) bond motifs is 1. The van der Waals surface area contributed by atoms with Crippen molar-refractivity contribution >= 4 is 5.69 Å². The predicted octanol–water partition coefficient (Wildman–Crippen LogP) is 2.63. The van der Waals surface area contributed by atoms with Crippen LogP contribution in [0, 0.1) is 5.92 Å². The quantitative estimate of drug-likeness (QED) is 0.844. The minimum Gasteiger partial charge on any atom is -0.396 e. The van der Waals surface area contributed by atoms with Gasteiger partial charge in [0.2, 0.25) is 0 Å². The number of nitrogens with zero attached hydrogens (tertiary/aromatic N) is 1. The molecule has 2 rings (SSSR count). The normalized spacial score (nSPS) is 21.3. The van der Waals surface area contributed by atoms with E-state index >= 15 is 0 Å². The van der Waals surface area contributed by atoms with E-state index < -0.39 is 0 Å². The average Bonchev–Trinajstić information content (AvgIpc) is 2.67. The highest BCUT2D eigenvalue weighted by Gasteiger charge is 2.32. The summed E-state index contributed by atoms with van der Waals surface area (Å²) in [6.45, 7) is 7.89. The van der Waals surface area contributed by atoms with Gasteiger partial charge >= 0.3 is 0 Å². The fourth-order valence-electron chi connectivity index (χ4n) is 2.57. The molecule has 1 aromatic rings. The van der Waals surface area contributed by atoms with E-state index in [4.69, 9.17) is 0 Å². The Morgan fingerprint density at radius 1 is 1.31 bits per heavy atom. The molecule has 1 aliphatic rings. The fraction of sp³-hybridized carbons (Fsp3) is 0.571. The van der Waals surface area contributed by atoms with E-state index in [0.29, 0.717) is 17.9 Å². The van der Waals surface area contributed by atoms with Crippen molar-refractivity contribution < 1.29 is 5.11 Å². The zero-order chi connectivity index (χ0) is 11.7. The SMILES string of the molecule is CC(CO)C1CN(C(C)C)c2ccccc21. The maximum absolute atomic E-state index is 9.33. The number of aliphatic hydroxyl groups excluding tert-OH is 1. The van der Waals surface area contributed by atoms with Crippen LogP contribution in [0.25, 0.3) is 0 Å². The molecule has 1 heterocycles. The molecule has 0 aliphatic carbocycles. The van der Waals surface area contributed by atoms with Gasteiger partial charge in [-0.25, -0.2) is 0 Å². The van der Waals surface area contributed by atoms with Gasteiger partial charge in [0.15, 0.2) is 0 Å². The molecule has 1 N–H and O–H groups in total. The molecule has 2 atom stereocenters. The van der Waals surface area contributed by atoms with Crippen LogP contribution >= 0.6 is 0 Å². The number of benzene rings is 1. The van der Waals surface area contributed by atoms with Crippen molar-refractivity contribution in [1.29, 1.82) is 0 Å². The number of hydrogen-bond acceptors (Lipinski definition) is 2. The third-order valence-corrected chi connectivity index (χ3v) is 3.64. The molecule has 2 heteroatoms. The van der Waals surface area contributed by atoms with Crippen LogP contribution in [0.15, 0.2) is 24.3 Å². The second-order valence-electron chi connectivity index (χ2n) is 5.07. The molecular weight excluding hydrogens is 198 g/mol. The lowest BCUT2D eigenvalue weighted by molar-refractivity contribution is 0.218. The van der Waals surface area contributed by atoms with Crippen LogP contribution in [0.2, 0.25) is 0 Å². The highest BCUT2D eigenvalue weighted by molar-refractivity contribution is 5.60. The molecule has 0 aromatic heterocycles. The molecule has 2 nitrogen and oxygen atoms in total. The number of rotatable bonds is 3. The molecule has 1 aliphatic heterocycles. The molecule has 0 spiro atoms. The lowest BCUT2D eigenvalue weighted by Gasteiger charge is -2.25. The van der Waals surface area contributed by atoms with Crippen LogP contribution in [0.4, 0.5) is 5.69 Å². The number of hydrogen-bond donors (Lipinski definition) is 1. The molecule has 2 unspecified atom stereocenters. The largest absolute Gasteiger partial charge is 0.396 e. The Kier molecular flexibility index (Phi) is 3.20. The van der Waals surface area contributed by atoms with Crippen molar-refractivity contribution in [3.63, 3.8) is 0 Å². The Morgan fingerprint density at radius 3 is 2.62 bits per heavy atom. The lowest BCUT2D eigenvalue weighted by Crippen LogP contribution is -2.30.